The number of hydrogen-bond donors (Lipinski definition) is 2. The highest BCUT2D eigenvalue weighted by Gasteiger charge is 2.33. The minimum absolute atomic E-state index is 0.0464. The van der Waals surface area contributed by atoms with E-state index >= 15 is 0 Å². The number of imide groups is 1. The number of rotatable bonds is 85. The maximum atomic E-state index is 12.9. The molecule has 0 radical (unpaired) electrons. The standard InChI is InChI=1S/C75H141N2O26P/c1-3-5-7-9-11-13-15-17-19-21-23-25-27-29-31-33-73(81)99-67-69(102-74(82)34-32-30-28-26-24-22-20-18-16-14-12-10-8-6-4-2)68-101-104(84,85)100-42-39-76-70(78)37-40-86-43-45-88-47-49-90-51-53-92-55-57-94-59-61-96-63-65-98-66-64-97-62-60-95-58-56-93-54-52-91-50-48-89-46-44-87-41-38-75(83)103-77-71(79)35-36-72(77)80/h69H,3-68H2,1-2H3,(H,76,78)(H,84,85)/t69-/m1/s1. The number of ether oxygens (including phenoxy) is 15. The summed E-state index contributed by atoms with van der Waals surface area (Å²) in [6, 6.07) is 0. The van der Waals surface area contributed by atoms with Crippen molar-refractivity contribution in [3.63, 3.8) is 0 Å². The lowest BCUT2D eigenvalue weighted by molar-refractivity contribution is -0.198. The first-order valence-electron chi connectivity index (χ1n) is 39.8. The van der Waals surface area contributed by atoms with Crippen molar-refractivity contribution in [3.05, 3.63) is 0 Å². The number of unbranched alkanes of at least 4 members (excludes halogenated alkanes) is 28. The largest absolute Gasteiger partial charge is 0.472 e. The van der Waals surface area contributed by atoms with Crippen LogP contribution in [0.5, 0.6) is 0 Å². The van der Waals surface area contributed by atoms with Gasteiger partial charge in [-0.25, -0.2) is 9.36 Å². The molecule has 0 saturated carbocycles. The molecule has 0 bridgehead atoms. The predicted molar refractivity (Wildman–Crippen MR) is 392 cm³/mol. The van der Waals surface area contributed by atoms with Gasteiger partial charge >= 0.3 is 25.7 Å². The molecule has 0 spiro atoms. The van der Waals surface area contributed by atoms with Crippen molar-refractivity contribution in [1.29, 1.82) is 0 Å². The first-order chi connectivity index (χ1) is 51.0. The molecule has 2 atom stereocenters. The zero-order valence-corrected chi connectivity index (χ0v) is 65.2. The van der Waals surface area contributed by atoms with E-state index in [4.69, 9.17) is 84.9 Å². The molecule has 0 aromatic carbocycles. The van der Waals surface area contributed by atoms with E-state index < -0.39 is 50.3 Å². The van der Waals surface area contributed by atoms with Crippen LogP contribution in [-0.4, -0.2) is 250 Å². The van der Waals surface area contributed by atoms with Crippen molar-refractivity contribution >= 4 is 43.5 Å². The van der Waals surface area contributed by atoms with Crippen LogP contribution >= 0.6 is 7.82 Å². The van der Waals surface area contributed by atoms with Gasteiger partial charge in [0, 0.05) is 38.6 Å². The van der Waals surface area contributed by atoms with Gasteiger partial charge in [0.2, 0.25) is 5.91 Å². The second-order valence-corrected chi connectivity index (χ2v) is 27.1. The number of hydroxylamine groups is 2. The predicted octanol–water partition coefficient (Wildman–Crippen LogP) is 11.8. The van der Waals surface area contributed by atoms with Crippen LogP contribution < -0.4 is 5.32 Å². The Morgan fingerprint density at radius 3 is 0.942 bits per heavy atom. The summed E-state index contributed by atoms with van der Waals surface area (Å²) in [6.45, 7) is 13.1. The number of hydrogen-bond acceptors (Lipinski definition) is 25. The van der Waals surface area contributed by atoms with Crippen molar-refractivity contribution in [2.75, 3.05) is 198 Å². The van der Waals surface area contributed by atoms with E-state index in [1.165, 1.54) is 141 Å². The molecule has 0 aromatic rings. The lowest BCUT2D eigenvalue weighted by Crippen LogP contribution is -2.32. The number of carbonyl (C=O) groups is 6. The van der Waals surface area contributed by atoms with Gasteiger partial charge in [0.05, 0.1) is 191 Å². The highest BCUT2D eigenvalue weighted by atomic mass is 31.2. The van der Waals surface area contributed by atoms with Gasteiger partial charge in [-0.15, -0.1) is 5.06 Å². The fourth-order valence-corrected chi connectivity index (χ4v) is 11.2. The first kappa shape index (κ1) is 98.6. The number of carbonyl (C=O) groups excluding carboxylic acids is 6. The Morgan fingerprint density at radius 2 is 0.625 bits per heavy atom. The minimum atomic E-state index is -4.63. The Bertz CT molecular complexity index is 2000. The summed E-state index contributed by atoms with van der Waals surface area (Å²) < 4.78 is 105. The fraction of sp³-hybridized carbons (Fsp3) is 0.920. The molecule has 0 aliphatic carbocycles. The molecule has 612 valence electrons. The third-order valence-corrected chi connectivity index (χ3v) is 17.4. The Hall–Kier alpha value is -3.39. The molecule has 1 unspecified atom stereocenters. The van der Waals surface area contributed by atoms with Crippen LogP contribution in [0.3, 0.4) is 0 Å². The number of nitrogens with one attached hydrogen (secondary N) is 1. The topological polar surface area (TPSA) is 321 Å². The summed E-state index contributed by atoms with van der Waals surface area (Å²) >= 11 is 0. The van der Waals surface area contributed by atoms with E-state index in [0.29, 0.717) is 163 Å². The Balaban J connectivity index is 1.99. The monoisotopic (exact) mass is 1520 g/mol. The molecule has 1 rings (SSSR count). The van der Waals surface area contributed by atoms with Crippen molar-refractivity contribution in [2.45, 2.75) is 251 Å². The fourth-order valence-electron chi connectivity index (χ4n) is 10.4. The Morgan fingerprint density at radius 1 is 0.346 bits per heavy atom. The molecular weight excluding hydrogens is 1380 g/mol. The highest BCUT2D eigenvalue weighted by Crippen LogP contribution is 2.43. The summed E-state index contributed by atoms with van der Waals surface area (Å²) in [4.78, 5) is 87.9. The average Bonchev–Trinajstić information content (AvgIpc) is 1.80. The smallest absolute Gasteiger partial charge is 0.462 e. The van der Waals surface area contributed by atoms with E-state index in [1.807, 2.05) is 0 Å². The van der Waals surface area contributed by atoms with Gasteiger partial charge in [-0.2, -0.15) is 0 Å². The van der Waals surface area contributed by atoms with Gasteiger partial charge < -0.3 is 86.1 Å². The van der Waals surface area contributed by atoms with E-state index in [1.54, 1.807) is 0 Å². The molecule has 3 amide bonds. The lowest BCUT2D eigenvalue weighted by Gasteiger charge is -2.20. The van der Waals surface area contributed by atoms with Gasteiger partial charge in [0.25, 0.3) is 11.8 Å². The Labute approximate surface area is 623 Å². The van der Waals surface area contributed by atoms with Crippen LogP contribution in [0.2, 0.25) is 0 Å². The molecule has 1 aliphatic rings. The van der Waals surface area contributed by atoms with Crippen LogP contribution in [0.15, 0.2) is 0 Å². The van der Waals surface area contributed by atoms with Crippen LogP contribution in [0.4, 0.5) is 0 Å². The minimum Gasteiger partial charge on any atom is -0.462 e. The molecule has 1 fully saturated rings. The summed E-state index contributed by atoms with van der Waals surface area (Å²) in [5.41, 5.74) is 0. The van der Waals surface area contributed by atoms with Gasteiger partial charge in [-0.05, 0) is 12.8 Å². The Kier molecular flexibility index (Phi) is 73.7. The maximum Gasteiger partial charge on any atom is 0.472 e. The first-order valence-corrected chi connectivity index (χ1v) is 41.3. The summed E-state index contributed by atoms with van der Waals surface area (Å²) in [6.07, 6.45) is 35.7. The average molecular weight is 1520 g/mol. The van der Waals surface area contributed by atoms with Crippen molar-refractivity contribution < 1.29 is 123 Å². The molecule has 2 N–H and O–H groups in total. The molecule has 0 aromatic heterocycles. The van der Waals surface area contributed by atoms with Gasteiger partial charge in [0.15, 0.2) is 6.10 Å². The molecular formula is C75H141N2O26P. The number of amides is 3. The van der Waals surface area contributed by atoms with Gasteiger partial charge in [0.1, 0.15) is 6.61 Å². The summed E-state index contributed by atoms with van der Waals surface area (Å²) in [5, 5.41) is 3.13. The second-order valence-electron chi connectivity index (χ2n) is 25.6. The van der Waals surface area contributed by atoms with Gasteiger partial charge in [-0.3, -0.25) is 33.0 Å². The SMILES string of the molecule is CCCCCCCCCCCCCCCCCC(=O)OC[C@H](COP(=O)(O)OCCNC(=O)CCOCCOCCOCCOCCOCCOCCOCCOCCOCCOCCOCCOCCOCCC(=O)ON1C(=O)CCC1=O)OC(=O)CCCCCCCCCCCCCCCCC. The third kappa shape index (κ3) is 71.5. The highest BCUT2D eigenvalue weighted by molar-refractivity contribution is 7.47. The molecule has 29 heteroatoms. The van der Waals surface area contributed by atoms with E-state index in [9.17, 15) is 38.2 Å². The van der Waals surface area contributed by atoms with Crippen molar-refractivity contribution in [1.82, 2.24) is 10.4 Å². The van der Waals surface area contributed by atoms with E-state index in [-0.39, 0.29) is 90.6 Å². The van der Waals surface area contributed by atoms with E-state index in [2.05, 4.69) is 19.2 Å². The van der Waals surface area contributed by atoms with Crippen molar-refractivity contribution in [2.24, 2.45) is 0 Å². The molecule has 28 nitrogen and oxygen atoms in total. The second kappa shape index (κ2) is 77.8. The van der Waals surface area contributed by atoms with Crippen LogP contribution in [0.25, 0.3) is 0 Å². The number of nitrogens with zero attached hydrogens (tertiary/aromatic N) is 1. The summed E-state index contributed by atoms with van der Waals surface area (Å²) in [7, 11) is -4.63. The van der Waals surface area contributed by atoms with Gasteiger partial charge in [-0.1, -0.05) is 194 Å². The maximum absolute atomic E-state index is 12.9. The number of phosphoric ester groups is 1. The zero-order chi connectivity index (χ0) is 75.2. The van der Waals surface area contributed by atoms with Crippen LogP contribution in [0.1, 0.15) is 245 Å². The van der Waals surface area contributed by atoms with Crippen LogP contribution in [0, 0.1) is 0 Å². The summed E-state index contributed by atoms with van der Waals surface area (Å²) in [5.74, 6) is -3.01. The zero-order valence-electron chi connectivity index (χ0n) is 64.3. The van der Waals surface area contributed by atoms with Crippen LogP contribution in [-0.2, 0) is 118 Å². The lowest BCUT2D eigenvalue weighted by atomic mass is 10.0. The molecule has 104 heavy (non-hydrogen) atoms. The molecule has 1 heterocycles. The van der Waals surface area contributed by atoms with Crippen molar-refractivity contribution in [3.8, 4) is 0 Å². The van der Waals surface area contributed by atoms with E-state index in [0.717, 1.165) is 38.5 Å². The number of phosphoric acid groups is 1. The molecule has 1 saturated heterocycles. The third-order valence-electron chi connectivity index (χ3n) is 16.4. The normalized spacial score (nSPS) is 13.3. The number of esters is 2. The molecule has 1 aliphatic heterocycles. The quantitative estimate of drug-likeness (QED) is 0.0247.